The molecule has 6 radical (unpaired) electrons. The third kappa shape index (κ3) is 13.9. The molecule has 0 saturated heterocycles. The maximum atomic E-state index is 7.50. The molecule has 13 heavy (non-hydrogen) atoms. The van der Waals surface area contributed by atoms with Crippen LogP contribution in [-0.4, -0.2) is 20.4 Å². The predicted octanol–water partition coefficient (Wildman–Crippen LogP) is 0.647. The van der Waals surface area contributed by atoms with Crippen LogP contribution in [-0.2, 0) is 30.7 Å². The summed E-state index contributed by atoms with van der Waals surface area (Å²) in [6.07, 6.45) is 7.60. The normalized spacial score (nSPS) is 10.3. The monoisotopic (exact) mass is 215 g/mol. The molecule has 0 bridgehead atoms. The standard InChI is InChI=1S/C6H7.3CO.Cr/c1-6-4-2-3-5-6;3*1-2;/h2-4H,1,5H2;;;;. The van der Waals surface area contributed by atoms with Gasteiger partial charge in [-0.05, 0) is 0 Å². The fraction of sp³-hybridized carbons (Fsp3) is 0.222. The van der Waals surface area contributed by atoms with Crippen molar-refractivity contribution in [3.8, 4) is 0 Å². The summed E-state index contributed by atoms with van der Waals surface area (Å²) in [6, 6.07) is 0. The molecule has 0 atom stereocenters. The quantitative estimate of drug-likeness (QED) is 0.645. The zero-order chi connectivity index (χ0) is 11.1. The number of allylic oxidation sites excluding steroid dienone is 4. The third-order valence-corrected chi connectivity index (χ3v) is 1.61. The van der Waals surface area contributed by atoms with Crippen LogP contribution >= 0.6 is 0 Å². The Kier molecular flexibility index (Phi) is 31.0. The fourth-order valence-corrected chi connectivity index (χ4v) is 0.933. The van der Waals surface area contributed by atoms with E-state index < -0.39 is 0 Å². The van der Waals surface area contributed by atoms with Crippen molar-refractivity contribution >= 4 is 20.4 Å². The Morgan fingerprint density at radius 1 is 1.15 bits per heavy atom. The molecule has 0 aliphatic heterocycles. The van der Waals surface area contributed by atoms with E-state index in [0.717, 1.165) is 11.7 Å². The summed E-state index contributed by atoms with van der Waals surface area (Å²) < 4.78 is 0. The molecule has 0 aromatic rings. The molecule has 3 nitrogen and oxygen atoms in total. The van der Waals surface area contributed by atoms with Crippen LogP contribution in [0.1, 0.15) is 6.42 Å². The Labute approximate surface area is 86.9 Å². The van der Waals surface area contributed by atoms with Crippen LogP contribution < -0.4 is 0 Å². The van der Waals surface area contributed by atoms with E-state index in [1.165, 1.54) is 5.57 Å². The molecule has 0 aromatic carbocycles. The van der Waals surface area contributed by atoms with Gasteiger partial charge in [0.1, 0.15) is 0 Å². The Morgan fingerprint density at radius 3 is 1.77 bits per heavy atom. The summed E-state index contributed by atoms with van der Waals surface area (Å²) in [5.41, 5.74) is 1.50. The summed E-state index contributed by atoms with van der Waals surface area (Å²) in [5.74, 6) is 0. The summed E-state index contributed by atoms with van der Waals surface area (Å²) in [6.45, 7) is 13.5. The van der Waals surface area contributed by atoms with Gasteiger partial charge in [-0.1, -0.05) is 0 Å². The molecule has 67 valence electrons. The molecule has 1 aliphatic rings. The third-order valence-electron chi connectivity index (χ3n) is 1.03. The van der Waals surface area contributed by atoms with Crippen molar-refractivity contribution < 1.29 is 30.7 Å². The molecule has 0 saturated carbocycles. The van der Waals surface area contributed by atoms with Crippen molar-refractivity contribution in [2.45, 2.75) is 11.7 Å². The average molecular weight is 215 g/mol. The molecule has 0 N–H and O–H groups in total. The molecule has 1 rings (SSSR count). The fourth-order valence-electron chi connectivity index (χ4n) is 0.599. The average Bonchev–Trinajstić information content (AvgIpc) is 2.79. The first-order valence-electron chi connectivity index (χ1n) is 2.97. The zero-order valence-corrected chi connectivity index (χ0v) is 8.05. The van der Waals surface area contributed by atoms with Crippen LogP contribution in [0.2, 0.25) is 5.28 Å². The summed E-state index contributed by atoms with van der Waals surface area (Å²) >= 11 is 2.98. The van der Waals surface area contributed by atoms with E-state index in [4.69, 9.17) is 14.4 Å². The second-order valence-electron chi connectivity index (χ2n) is 1.60. The molecule has 0 spiro atoms. The van der Waals surface area contributed by atoms with Gasteiger partial charge in [-0.25, -0.2) is 0 Å². The van der Waals surface area contributed by atoms with Gasteiger partial charge in [0.25, 0.3) is 20.4 Å². The first kappa shape index (κ1) is 17.9. The van der Waals surface area contributed by atoms with Crippen molar-refractivity contribution in [1.29, 1.82) is 0 Å². The minimum atomic E-state index is 1.09. The summed E-state index contributed by atoms with van der Waals surface area (Å²) in [4.78, 5) is 22.5. The van der Waals surface area contributed by atoms with Crippen LogP contribution in [0, 0.1) is 0 Å². The van der Waals surface area contributed by atoms with E-state index in [1.807, 2.05) is 0 Å². The van der Waals surface area contributed by atoms with Crippen LogP contribution in [0.5, 0.6) is 0 Å². The second-order valence-corrected chi connectivity index (χ2v) is 2.05. The van der Waals surface area contributed by atoms with Crippen LogP contribution in [0.15, 0.2) is 23.8 Å². The topological polar surface area (TPSA) is 51.2 Å². The van der Waals surface area contributed by atoms with E-state index in [1.54, 1.807) is 0 Å². The van der Waals surface area contributed by atoms with Gasteiger partial charge in [0.05, 0.1) is 0 Å². The van der Waals surface area contributed by atoms with Crippen molar-refractivity contribution in [3.05, 3.63) is 23.8 Å². The van der Waals surface area contributed by atoms with E-state index in [-0.39, 0.29) is 0 Å². The summed E-state index contributed by atoms with van der Waals surface area (Å²) in [5, 5.41) is 1.09. The maximum absolute atomic E-state index is 7.50. The molecule has 0 unspecified atom stereocenters. The van der Waals surface area contributed by atoms with Gasteiger partial charge in [0.2, 0.25) is 0 Å². The Hall–Kier alpha value is -0.978. The van der Waals surface area contributed by atoms with E-state index in [2.05, 4.69) is 54.9 Å². The van der Waals surface area contributed by atoms with Gasteiger partial charge >= 0.3 is 51.8 Å². The molecular weight excluding hydrogens is 208 g/mol. The number of rotatable bonds is 1. The van der Waals surface area contributed by atoms with Crippen molar-refractivity contribution in [1.82, 2.24) is 0 Å². The van der Waals surface area contributed by atoms with E-state index in [9.17, 15) is 0 Å². The van der Waals surface area contributed by atoms with Gasteiger partial charge in [0, 0.05) is 0 Å². The van der Waals surface area contributed by atoms with Gasteiger partial charge in [-0.15, -0.1) is 0 Å². The second kappa shape index (κ2) is 22.5. The SMILES string of the molecule is [C]=O.[C]=O.[C]=O.[Cr][CH2]C1=CC=CC1. The van der Waals surface area contributed by atoms with Crippen molar-refractivity contribution in [2.24, 2.45) is 0 Å². The predicted molar refractivity (Wildman–Crippen MR) is 43.7 cm³/mol. The Balaban J connectivity index is -0.000000144. The first-order chi connectivity index (χ1) is 6.43. The number of carbonyl (C=O) groups excluding carboxylic acids is 3. The van der Waals surface area contributed by atoms with Crippen LogP contribution in [0.25, 0.3) is 0 Å². The van der Waals surface area contributed by atoms with Gasteiger partial charge in [-0.2, -0.15) is 0 Å². The number of hydrogen-bond donors (Lipinski definition) is 0. The Morgan fingerprint density at radius 2 is 1.62 bits per heavy atom. The molecule has 4 heteroatoms. The number of hydrogen-bond acceptors (Lipinski definition) is 3. The van der Waals surface area contributed by atoms with E-state index in [0.29, 0.717) is 0 Å². The van der Waals surface area contributed by atoms with Gasteiger partial charge in [0.15, 0.2) is 0 Å². The first-order valence-corrected chi connectivity index (χ1v) is 3.87. The molecule has 0 amide bonds. The molecule has 0 aromatic heterocycles. The van der Waals surface area contributed by atoms with Gasteiger partial charge < -0.3 is 0 Å². The van der Waals surface area contributed by atoms with E-state index >= 15 is 0 Å². The summed E-state index contributed by atoms with van der Waals surface area (Å²) in [7, 11) is 0. The molecule has 0 fully saturated rings. The Bertz CT molecular complexity index is 150. The molecule has 0 heterocycles. The van der Waals surface area contributed by atoms with Gasteiger partial charge in [-0.3, -0.25) is 14.4 Å². The van der Waals surface area contributed by atoms with Crippen LogP contribution in [0.4, 0.5) is 0 Å². The van der Waals surface area contributed by atoms with Crippen LogP contribution in [0.3, 0.4) is 0 Å². The minimum absolute atomic E-state index is 1.09. The van der Waals surface area contributed by atoms with Crippen molar-refractivity contribution in [2.75, 3.05) is 0 Å². The molecular formula is C9H7CrO3. The zero-order valence-electron chi connectivity index (χ0n) is 6.78. The molecule has 1 aliphatic carbocycles. The van der Waals surface area contributed by atoms with Crippen molar-refractivity contribution in [3.63, 3.8) is 0 Å².